The van der Waals surface area contributed by atoms with E-state index in [4.69, 9.17) is 15.9 Å². The van der Waals surface area contributed by atoms with Gasteiger partial charge in [-0.05, 0) is 17.5 Å². The number of carboxylic acid groups (broad SMARTS) is 2. The molecule has 0 aliphatic carbocycles. The van der Waals surface area contributed by atoms with E-state index in [9.17, 15) is 14.4 Å². The van der Waals surface area contributed by atoms with Crippen molar-refractivity contribution in [2.24, 2.45) is 5.73 Å². The zero-order valence-corrected chi connectivity index (χ0v) is 13.0. The summed E-state index contributed by atoms with van der Waals surface area (Å²) in [6, 6.07) is 17.3. The highest BCUT2D eigenvalue weighted by atomic mass is 16.4. The van der Waals surface area contributed by atoms with Gasteiger partial charge in [-0.15, -0.1) is 0 Å². The molecule has 0 aromatic heterocycles. The molecule has 4 N–H and O–H groups in total. The lowest BCUT2D eigenvalue weighted by Crippen LogP contribution is -2.32. The fraction of sp³-hybridized carbons (Fsp3) is 0.167. The third-order valence-corrected chi connectivity index (χ3v) is 3.06. The molecule has 6 heteroatoms. The predicted molar refractivity (Wildman–Crippen MR) is 88.5 cm³/mol. The summed E-state index contributed by atoms with van der Waals surface area (Å²) in [6.07, 6.45) is 0.354. The monoisotopic (exact) mass is 329 g/mol. The first-order valence-corrected chi connectivity index (χ1v) is 7.22. The van der Waals surface area contributed by atoms with Crippen molar-refractivity contribution < 1.29 is 24.6 Å². The number of carbonyl (C=O) groups is 3. The van der Waals surface area contributed by atoms with Crippen molar-refractivity contribution >= 4 is 17.7 Å². The Balaban J connectivity index is 0.000000240. The normalized spacial score (nSPS) is 10.9. The van der Waals surface area contributed by atoms with E-state index in [0.29, 0.717) is 6.42 Å². The third-order valence-electron chi connectivity index (χ3n) is 3.06. The summed E-state index contributed by atoms with van der Waals surface area (Å²) in [4.78, 5) is 31.2. The van der Waals surface area contributed by atoms with Crippen LogP contribution < -0.4 is 5.73 Å². The van der Waals surface area contributed by atoms with Gasteiger partial charge in [-0.2, -0.15) is 0 Å². The summed E-state index contributed by atoms with van der Waals surface area (Å²) < 4.78 is 0. The van der Waals surface area contributed by atoms with Crippen LogP contribution in [0.1, 0.15) is 11.1 Å². The minimum Gasteiger partial charge on any atom is -0.480 e. The second kappa shape index (κ2) is 9.91. The van der Waals surface area contributed by atoms with E-state index in [1.165, 1.54) is 0 Å². The van der Waals surface area contributed by atoms with Gasteiger partial charge >= 0.3 is 11.9 Å². The number of rotatable bonds is 6. The molecule has 0 fully saturated rings. The molecule has 24 heavy (non-hydrogen) atoms. The van der Waals surface area contributed by atoms with Gasteiger partial charge in [0, 0.05) is 6.42 Å². The maximum atomic E-state index is 10.7. The maximum Gasteiger partial charge on any atom is 0.372 e. The van der Waals surface area contributed by atoms with Gasteiger partial charge in [0.25, 0.3) is 0 Å². The van der Waals surface area contributed by atoms with Gasteiger partial charge in [0.2, 0.25) is 5.78 Å². The first-order chi connectivity index (χ1) is 11.4. The molecule has 0 heterocycles. The topological polar surface area (TPSA) is 118 Å². The van der Waals surface area contributed by atoms with Crippen molar-refractivity contribution in [1.82, 2.24) is 0 Å². The van der Waals surface area contributed by atoms with Crippen molar-refractivity contribution in [3.63, 3.8) is 0 Å². The number of Topliss-reactive ketones (excluding diaryl/α,β-unsaturated/α-hetero) is 1. The van der Waals surface area contributed by atoms with Gasteiger partial charge in [0.1, 0.15) is 6.04 Å². The smallest absolute Gasteiger partial charge is 0.372 e. The third kappa shape index (κ3) is 7.33. The molecule has 0 saturated heterocycles. The number of carboxylic acids is 2. The Morgan fingerprint density at radius 2 is 1.29 bits per heavy atom. The Morgan fingerprint density at radius 1 is 0.833 bits per heavy atom. The zero-order valence-electron chi connectivity index (χ0n) is 13.0. The molecule has 0 aliphatic heterocycles. The van der Waals surface area contributed by atoms with E-state index in [2.05, 4.69) is 0 Å². The molecule has 6 nitrogen and oxygen atoms in total. The van der Waals surface area contributed by atoms with E-state index >= 15 is 0 Å². The van der Waals surface area contributed by atoms with Crippen molar-refractivity contribution in [3.05, 3.63) is 71.8 Å². The highest BCUT2D eigenvalue weighted by Crippen LogP contribution is 2.01. The summed E-state index contributed by atoms with van der Waals surface area (Å²) >= 11 is 0. The van der Waals surface area contributed by atoms with Crippen LogP contribution >= 0.6 is 0 Å². The zero-order chi connectivity index (χ0) is 17.9. The lowest BCUT2D eigenvalue weighted by Gasteiger charge is -2.04. The van der Waals surface area contributed by atoms with Gasteiger partial charge in [-0.3, -0.25) is 9.59 Å². The van der Waals surface area contributed by atoms with Crippen LogP contribution in [0.25, 0.3) is 0 Å². The standard InChI is InChI=1S/C9H11NO2.C9H8O3/c2*10-8(9(11)12)6-7-4-2-1-3-5-7/h1-5,8H,6,10H2,(H,11,12);1-5H,6H2,(H,11,12)/t8-;/m0./s1. The second-order valence-electron chi connectivity index (χ2n) is 5.03. The molecule has 2 aromatic carbocycles. The average molecular weight is 329 g/mol. The van der Waals surface area contributed by atoms with E-state index in [0.717, 1.165) is 11.1 Å². The molecule has 0 aliphatic rings. The van der Waals surface area contributed by atoms with Crippen LogP contribution in [0.4, 0.5) is 0 Å². The van der Waals surface area contributed by atoms with Crippen LogP contribution in [-0.4, -0.2) is 34.0 Å². The fourth-order valence-corrected chi connectivity index (χ4v) is 1.81. The summed E-state index contributed by atoms with van der Waals surface area (Å²) in [7, 11) is 0. The molecular formula is C18H19NO5. The number of benzene rings is 2. The van der Waals surface area contributed by atoms with Crippen LogP contribution in [0, 0.1) is 0 Å². The van der Waals surface area contributed by atoms with Crippen LogP contribution in [0.5, 0.6) is 0 Å². The van der Waals surface area contributed by atoms with Crippen molar-refractivity contribution in [2.75, 3.05) is 0 Å². The van der Waals surface area contributed by atoms with Crippen LogP contribution in [0.3, 0.4) is 0 Å². The highest BCUT2D eigenvalue weighted by Gasteiger charge is 2.11. The number of hydrogen-bond donors (Lipinski definition) is 3. The Labute approximate surface area is 139 Å². The van der Waals surface area contributed by atoms with Gasteiger partial charge in [0.05, 0.1) is 0 Å². The number of ketones is 1. The predicted octanol–water partition coefficient (Wildman–Crippen LogP) is 1.52. The van der Waals surface area contributed by atoms with Crippen LogP contribution in [0.2, 0.25) is 0 Å². The highest BCUT2D eigenvalue weighted by molar-refractivity contribution is 6.33. The molecule has 0 amide bonds. The van der Waals surface area contributed by atoms with Crippen LogP contribution in [0.15, 0.2) is 60.7 Å². The van der Waals surface area contributed by atoms with Crippen molar-refractivity contribution in [1.29, 1.82) is 0 Å². The maximum absolute atomic E-state index is 10.7. The first-order valence-electron chi connectivity index (χ1n) is 7.22. The Morgan fingerprint density at radius 3 is 1.71 bits per heavy atom. The minimum atomic E-state index is -1.38. The first kappa shape index (κ1) is 19.1. The van der Waals surface area contributed by atoms with E-state index in [1.54, 1.807) is 24.3 Å². The lowest BCUT2D eigenvalue weighted by molar-refractivity contribution is -0.148. The summed E-state index contributed by atoms with van der Waals surface area (Å²) in [5.74, 6) is -3.11. The minimum absolute atomic E-state index is 0.0316. The van der Waals surface area contributed by atoms with E-state index < -0.39 is 23.8 Å². The Bertz CT molecular complexity index is 670. The molecule has 126 valence electrons. The number of carbonyl (C=O) groups excluding carboxylic acids is 1. The van der Waals surface area contributed by atoms with Gasteiger partial charge in [0.15, 0.2) is 0 Å². The largest absolute Gasteiger partial charge is 0.480 e. The van der Waals surface area contributed by atoms with Crippen molar-refractivity contribution in [2.45, 2.75) is 18.9 Å². The molecule has 0 radical (unpaired) electrons. The Kier molecular flexibility index (Phi) is 7.87. The number of hydrogen-bond acceptors (Lipinski definition) is 4. The average Bonchev–Trinajstić information content (AvgIpc) is 2.57. The summed E-state index contributed by atoms with van der Waals surface area (Å²) in [5, 5.41) is 16.8. The Hall–Kier alpha value is -2.99. The molecule has 0 spiro atoms. The molecule has 2 aromatic rings. The van der Waals surface area contributed by atoms with E-state index in [1.807, 2.05) is 36.4 Å². The lowest BCUT2D eigenvalue weighted by atomic mass is 10.1. The number of aliphatic carboxylic acids is 2. The molecular weight excluding hydrogens is 310 g/mol. The second-order valence-corrected chi connectivity index (χ2v) is 5.03. The molecule has 2 rings (SSSR count). The van der Waals surface area contributed by atoms with Gasteiger partial charge in [-0.25, -0.2) is 4.79 Å². The SMILES string of the molecule is N[C@@H](Cc1ccccc1)C(=O)O.O=C(O)C(=O)Cc1ccccc1. The fourth-order valence-electron chi connectivity index (χ4n) is 1.81. The number of nitrogens with two attached hydrogens (primary N) is 1. The van der Waals surface area contributed by atoms with Gasteiger partial charge < -0.3 is 15.9 Å². The quantitative estimate of drug-likeness (QED) is 0.692. The molecule has 0 bridgehead atoms. The van der Waals surface area contributed by atoms with Crippen molar-refractivity contribution in [3.8, 4) is 0 Å². The summed E-state index contributed by atoms with van der Waals surface area (Å²) in [6.45, 7) is 0. The van der Waals surface area contributed by atoms with E-state index in [-0.39, 0.29) is 6.42 Å². The van der Waals surface area contributed by atoms with Gasteiger partial charge in [-0.1, -0.05) is 60.7 Å². The van der Waals surface area contributed by atoms with Crippen LogP contribution in [-0.2, 0) is 27.2 Å². The molecule has 1 atom stereocenters. The molecule has 0 unspecified atom stereocenters. The molecule has 0 saturated carbocycles. The summed E-state index contributed by atoms with van der Waals surface area (Å²) in [5.41, 5.74) is 7.03.